The molecule has 2 rings (SSSR count). The molecule has 0 bridgehead atoms. The molecule has 0 aliphatic carbocycles. The molecule has 0 aliphatic rings. The van der Waals surface area contributed by atoms with Gasteiger partial charge in [0.25, 0.3) is 0 Å². The number of rotatable bonds is 3. The maximum atomic E-state index is 12.6. The van der Waals surface area contributed by atoms with E-state index in [0.717, 1.165) is 21.5 Å². The molecule has 7 heteroatoms. The molecular formula is C12H8BrClF3NS. The highest BCUT2D eigenvalue weighted by atomic mass is 79.9. The lowest BCUT2D eigenvalue weighted by Crippen LogP contribution is -2.06. The second kappa shape index (κ2) is 5.73. The summed E-state index contributed by atoms with van der Waals surface area (Å²) >= 11 is 10.7. The normalized spacial score (nSPS) is 11.6. The van der Waals surface area contributed by atoms with E-state index < -0.39 is 11.7 Å². The summed E-state index contributed by atoms with van der Waals surface area (Å²) in [5.41, 5.74) is -0.437. The second-order valence-corrected chi connectivity index (χ2v) is 6.10. The standard InChI is InChI=1S/C12H8BrClF3NS/c13-8-4-9(19-6-8)5-18-11-3-7(12(15,16)17)1-2-10(11)14/h1-4,6,18H,5H2. The molecule has 0 atom stereocenters. The molecule has 0 unspecified atom stereocenters. The Bertz CT molecular complexity index is 583. The highest BCUT2D eigenvalue weighted by Crippen LogP contribution is 2.34. The third kappa shape index (κ3) is 3.87. The Balaban J connectivity index is 2.15. The maximum absolute atomic E-state index is 12.6. The lowest BCUT2D eigenvalue weighted by molar-refractivity contribution is -0.137. The highest BCUT2D eigenvalue weighted by Gasteiger charge is 2.30. The highest BCUT2D eigenvalue weighted by molar-refractivity contribution is 9.10. The minimum Gasteiger partial charge on any atom is -0.379 e. The van der Waals surface area contributed by atoms with Crippen molar-refractivity contribution < 1.29 is 13.2 Å². The van der Waals surface area contributed by atoms with Gasteiger partial charge < -0.3 is 5.32 Å². The smallest absolute Gasteiger partial charge is 0.379 e. The summed E-state index contributed by atoms with van der Waals surface area (Å²) in [6.07, 6.45) is -4.37. The lowest BCUT2D eigenvalue weighted by atomic mass is 10.2. The number of hydrogen-bond acceptors (Lipinski definition) is 2. The van der Waals surface area contributed by atoms with Crippen LogP contribution in [-0.2, 0) is 12.7 Å². The van der Waals surface area contributed by atoms with Crippen molar-refractivity contribution in [1.29, 1.82) is 0 Å². The molecule has 102 valence electrons. The number of halogens is 5. The summed E-state index contributed by atoms with van der Waals surface area (Å²) in [6, 6.07) is 5.14. The first-order chi connectivity index (χ1) is 8.86. The first kappa shape index (κ1) is 14.7. The van der Waals surface area contributed by atoms with Gasteiger partial charge in [-0.05, 0) is 40.2 Å². The van der Waals surface area contributed by atoms with Crippen LogP contribution < -0.4 is 5.32 Å². The molecule has 1 N–H and O–H groups in total. The van der Waals surface area contributed by atoms with E-state index >= 15 is 0 Å². The predicted octanol–water partition coefficient (Wildman–Crippen LogP) is 5.79. The SMILES string of the molecule is FC(F)(F)c1ccc(Cl)c(NCc2cc(Br)cs2)c1. The Morgan fingerprint density at radius 3 is 2.58 bits per heavy atom. The van der Waals surface area contributed by atoms with Crippen LogP contribution in [0.25, 0.3) is 0 Å². The van der Waals surface area contributed by atoms with Crippen LogP contribution >= 0.6 is 38.9 Å². The van der Waals surface area contributed by atoms with E-state index in [0.29, 0.717) is 6.54 Å². The minimum atomic E-state index is -4.37. The largest absolute Gasteiger partial charge is 0.416 e. The number of anilines is 1. The lowest BCUT2D eigenvalue weighted by Gasteiger charge is -2.11. The van der Waals surface area contributed by atoms with Gasteiger partial charge in [0, 0.05) is 21.3 Å². The van der Waals surface area contributed by atoms with Crippen molar-refractivity contribution in [2.24, 2.45) is 0 Å². The molecule has 0 fully saturated rings. The summed E-state index contributed by atoms with van der Waals surface area (Å²) in [4.78, 5) is 1.00. The molecule has 0 saturated carbocycles. The Labute approximate surface area is 125 Å². The van der Waals surface area contributed by atoms with Gasteiger partial charge in [-0.15, -0.1) is 11.3 Å². The zero-order valence-corrected chi connectivity index (χ0v) is 12.6. The molecule has 0 radical (unpaired) electrons. The van der Waals surface area contributed by atoms with Crippen LogP contribution in [0.2, 0.25) is 5.02 Å². The van der Waals surface area contributed by atoms with E-state index in [1.54, 1.807) is 0 Å². The molecule has 0 spiro atoms. The number of nitrogens with one attached hydrogen (secondary N) is 1. The van der Waals surface area contributed by atoms with Crippen LogP contribution in [0.4, 0.5) is 18.9 Å². The molecule has 1 aromatic heterocycles. The van der Waals surface area contributed by atoms with Gasteiger partial charge in [-0.25, -0.2) is 0 Å². The van der Waals surface area contributed by atoms with Gasteiger partial charge >= 0.3 is 6.18 Å². The molecule has 1 nitrogen and oxygen atoms in total. The van der Waals surface area contributed by atoms with E-state index in [4.69, 9.17) is 11.6 Å². The van der Waals surface area contributed by atoms with Crippen molar-refractivity contribution >= 4 is 44.6 Å². The molecule has 1 aromatic carbocycles. The van der Waals surface area contributed by atoms with E-state index in [2.05, 4.69) is 21.2 Å². The Kier molecular flexibility index (Phi) is 4.43. The number of alkyl halides is 3. The van der Waals surface area contributed by atoms with Crippen molar-refractivity contribution in [1.82, 2.24) is 0 Å². The monoisotopic (exact) mass is 369 g/mol. The maximum Gasteiger partial charge on any atom is 0.416 e. The van der Waals surface area contributed by atoms with Crippen molar-refractivity contribution in [3.8, 4) is 0 Å². The van der Waals surface area contributed by atoms with Crippen LogP contribution in [0.3, 0.4) is 0 Å². The first-order valence-electron chi connectivity index (χ1n) is 5.20. The number of thiophene rings is 1. The summed E-state index contributed by atoms with van der Waals surface area (Å²) in [5.74, 6) is 0. The molecule has 0 amide bonds. The third-order valence-corrected chi connectivity index (χ3v) is 4.40. The average molecular weight is 371 g/mol. The van der Waals surface area contributed by atoms with Gasteiger partial charge in [-0.1, -0.05) is 11.6 Å². The topological polar surface area (TPSA) is 12.0 Å². The fourth-order valence-electron chi connectivity index (χ4n) is 1.47. The average Bonchev–Trinajstić information content (AvgIpc) is 2.72. The predicted molar refractivity (Wildman–Crippen MR) is 75.8 cm³/mol. The molecule has 1 heterocycles. The van der Waals surface area contributed by atoms with E-state index in [-0.39, 0.29) is 10.7 Å². The van der Waals surface area contributed by atoms with Crippen LogP contribution in [0.1, 0.15) is 10.4 Å². The molecule has 19 heavy (non-hydrogen) atoms. The van der Waals surface area contributed by atoms with Crippen LogP contribution in [0, 0.1) is 0 Å². The van der Waals surface area contributed by atoms with Crippen molar-refractivity contribution in [3.05, 3.63) is 49.6 Å². The zero-order chi connectivity index (χ0) is 14.0. The third-order valence-electron chi connectivity index (χ3n) is 2.37. The van der Waals surface area contributed by atoms with Crippen LogP contribution in [0.15, 0.2) is 34.1 Å². The molecule has 0 saturated heterocycles. The van der Waals surface area contributed by atoms with Gasteiger partial charge in [-0.3, -0.25) is 0 Å². The van der Waals surface area contributed by atoms with E-state index in [1.165, 1.54) is 17.4 Å². The zero-order valence-electron chi connectivity index (χ0n) is 9.39. The summed E-state index contributed by atoms with van der Waals surface area (Å²) in [5, 5.41) is 5.09. The first-order valence-corrected chi connectivity index (χ1v) is 7.25. The summed E-state index contributed by atoms with van der Waals surface area (Å²) in [7, 11) is 0. The van der Waals surface area contributed by atoms with Crippen molar-refractivity contribution in [3.63, 3.8) is 0 Å². The summed E-state index contributed by atoms with van der Waals surface area (Å²) < 4.78 is 38.7. The molecule has 2 aromatic rings. The van der Waals surface area contributed by atoms with E-state index in [9.17, 15) is 13.2 Å². The quantitative estimate of drug-likeness (QED) is 0.720. The number of hydrogen-bond donors (Lipinski definition) is 1. The minimum absolute atomic E-state index is 0.267. The fourth-order valence-corrected chi connectivity index (χ4v) is 3.04. The van der Waals surface area contributed by atoms with Crippen LogP contribution in [0.5, 0.6) is 0 Å². The van der Waals surface area contributed by atoms with Crippen LogP contribution in [-0.4, -0.2) is 0 Å². The molecular weight excluding hydrogens is 363 g/mol. The number of benzene rings is 1. The Hall–Kier alpha value is -0.720. The second-order valence-electron chi connectivity index (χ2n) is 3.78. The Morgan fingerprint density at radius 1 is 1.26 bits per heavy atom. The fraction of sp³-hybridized carbons (Fsp3) is 0.167. The van der Waals surface area contributed by atoms with Gasteiger partial charge in [0.2, 0.25) is 0 Å². The van der Waals surface area contributed by atoms with Crippen molar-refractivity contribution in [2.75, 3.05) is 5.32 Å². The Morgan fingerprint density at radius 2 is 2.00 bits per heavy atom. The van der Waals surface area contributed by atoms with Gasteiger partial charge in [-0.2, -0.15) is 13.2 Å². The van der Waals surface area contributed by atoms with Gasteiger partial charge in [0.15, 0.2) is 0 Å². The van der Waals surface area contributed by atoms with Gasteiger partial charge in [0.1, 0.15) is 0 Å². The molecule has 0 aliphatic heterocycles. The van der Waals surface area contributed by atoms with Crippen molar-refractivity contribution in [2.45, 2.75) is 12.7 Å². The summed E-state index contributed by atoms with van der Waals surface area (Å²) in [6.45, 7) is 0.428. The van der Waals surface area contributed by atoms with Gasteiger partial charge in [0.05, 0.1) is 16.3 Å². The van der Waals surface area contributed by atoms with E-state index in [1.807, 2.05) is 11.4 Å².